The normalized spacial score (nSPS) is 21.1. The molecule has 0 saturated heterocycles. The fourth-order valence-electron chi connectivity index (χ4n) is 3.60. The summed E-state index contributed by atoms with van der Waals surface area (Å²) in [7, 11) is 2.14. The number of carbonyl (C=O) groups excluding carboxylic acids is 1. The van der Waals surface area contributed by atoms with Crippen molar-refractivity contribution in [3.63, 3.8) is 0 Å². The lowest BCUT2D eigenvalue weighted by atomic mass is 10.0. The minimum Gasteiger partial charge on any atom is -0.870 e. The summed E-state index contributed by atoms with van der Waals surface area (Å²) in [6.45, 7) is 4.00. The van der Waals surface area contributed by atoms with E-state index in [0.29, 0.717) is 12.2 Å². The Bertz CT molecular complexity index is 931. The highest BCUT2D eigenvalue weighted by atomic mass is 35.5. The van der Waals surface area contributed by atoms with Gasteiger partial charge in [0.1, 0.15) is 23.5 Å². The van der Waals surface area contributed by atoms with Gasteiger partial charge in [0.05, 0.1) is 40.7 Å². The van der Waals surface area contributed by atoms with Crippen LogP contribution in [0.25, 0.3) is 0 Å². The van der Waals surface area contributed by atoms with Gasteiger partial charge in [0, 0.05) is 12.0 Å². The van der Waals surface area contributed by atoms with Gasteiger partial charge in [0.15, 0.2) is 0 Å². The number of rotatable bonds is 3. The van der Waals surface area contributed by atoms with Gasteiger partial charge >= 0.3 is 0 Å². The molecule has 0 bridgehead atoms. The average molecular weight is 428 g/mol. The standard InChI is InChI=1S/C18H19Cl2N3O3S/c1-3-26-10-6-9(19)14(20)13(15(10)24)16-21-17(25)12-8-4-5-23(2)7-11(8)27-18(12)22-16/h6,16,22,24H,3-5,7H2,1-2H3,(H,21,25). The number of fused-ring (bicyclic) bond motifs is 3. The predicted molar refractivity (Wildman–Crippen MR) is 104 cm³/mol. The van der Waals surface area contributed by atoms with E-state index in [-0.39, 0.29) is 33.0 Å². The molecule has 1 aromatic carbocycles. The van der Waals surface area contributed by atoms with Crippen molar-refractivity contribution in [3.05, 3.63) is 37.7 Å². The van der Waals surface area contributed by atoms with Gasteiger partial charge in [-0.15, -0.1) is 11.3 Å². The Balaban J connectivity index is 1.76. The molecule has 3 heterocycles. The second kappa shape index (κ2) is 7.05. The van der Waals surface area contributed by atoms with E-state index in [4.69, 9.17) is 27.9 Å². The average Bonchev–Trinajstić information content (AvgIpc) is 2.97. The highest BCUT2D eigenvalue weighted by Gasteiger charge is 2.35. The third-order valence-corrected chi connectivity index (χ3v) is 6.86. The molecule has 1 amide bonds. The third kappa shape index (κ3) is 3.12. The van der Waals surface area contributed by atoms with Gasteiger partial charge in [-0.2, -0.15) is 0 Å². The van der Waals surface area contributed by atoms with E-state index in [1.807, 2.05) is 0 Å². The lowest BCUT2D eigenvalue weighted by Crippen LogP contribution is -3.08. The van der Waals surface area contributed by atoms with Crippen molar-refractivity contribution >= 4 is 45.4 Å². The van der Waals surface area contributed by atoms with E-state index in [0.717, 1.165) is 30.1 Å². The molecule has 0 fully saturated rings. The quantitative estimate of drug-likeness (QED) is 0.699. The second-order valence-electron chi connectivity index (χ2n) is 6.74. The summed E-state index contributed by atoms with van der Waals surface area (Å²) in [6, 6.07) is 1.41. The molecule has 3 N–H and O–H groups in total. The van der Waals surface area contributed by atoms with Crippen molar-refractivity contribution < 1.29 is 19.5 Å². The topological polar surface area (TPSA) is 77.9 Å². The van der Waals surface area contributed by atoms with E-state index >= 15 is 0 Å². The van der Waals surface area contributed by atoms with Crippen molar-refractivity contribution in [2.75, 3.05) is 25.5 Å². The third-order valence-electron chi connectivity index (χ3n) is 4.89. The number of hydrogen-bond acceptors (Lipinski definition) is 5. The summed E-state index contributed by atoms with van der Waals surface area (Å²) >= 11 is 14.1. The van der Waals surface area contributed by atoms with E-state index in [9.17, 15) is 9.90 Å². The minimum absolute atomic E-state index is 0.122. The summed E-state index contributed by atoms with van der Waals surface area (Å²) < 4.78 is 5.38. The molecule has 1 aromatic heterocycles. The lowest BCUT2D eigenvalue weighted by molar-refractivity contribution is -0.895. The van der Waals surface area contributed by atoms with Crippen molar-refractivity contribution in [1.29, 1.82) is 0 Å². The Morgan fingerprint density at radius 3 is 2.93 bits per heavy atom. The van der Waals surface area contributed by atoms with Crippen molar-refractivity contribution in [2.24, 2.45) is 0 Å². The van der Waals surface area contributed by atoms with Gasteiger partial charge < -0.3 is 25.4 Å². The van der Waals surface area contributed by atoms with Crippen LogP contribution in [0, 0.1) is 0 Å². The minimum atomic E-state index is -0.756. The first-order valence-electron chi connectivity index (χ1n) is 8.75. The number of thiophene rings is 1. The first-order chi connectivity index (χ1) is 12.9. The van der Waals surface area contributed by atoms with Gasteiger partial charge in [-0.1, -0.05) is 29.0 Å². The van der Waals surface area contributed by atoms with Gasteiger partial charge in [-0.25, -0.2) is 0 Å². The molecule has 27 heavy (non-hydrogen) atoms. The molecule has 2 aliphatic rings. The number of anilines is 1. The zero-order valence-electron chi connectivity index (χ0n) is 14.9. The van der Waals surface area contributed by atoms with Crippen molar-refractivity contribution in [2.45, 2.75) is 26.1 Å². The Morgan fingerprint density at radius 2 is 2.19 bits per heavy atom. The number of hydrogen-bond donors (Lipinski definition) is 3. The van der Waals surface area contributed by atoms with E-state index in [1.165, 1.54) is 15.8 Å². The molecule has 2 atom stereocenters. The van der Waals surface area contributed by atoms with Crippen LogP contribution >= 0.6 is 34.5 Å². The Kier molecular flexibility index (Phi) is 4.88. The molecule has 0 radical (unpaired) electrons. The number of nitrogens with one attached hydrogen (secondary N) is 3. The molecular formula is C18H19Cl2N3O3S. The molecule has 4 rings (SSSR count). The van der Waals surface area contributed by atoms with Gasteiger partial charge in [-0.3, -0.25) is 4.79 Å². The highest BCUT2D eigenvalue weighted by molar-refractivity contribution is 7.16. The predicted octanol–water partition coefficient (Wildman–Crippen LogP) is 1.95. The molecule has 0 saturated carbocycles. The first kappa shape index (κ1) is 18.7. The van der Waals surface area contributed by atoms with Crippen LogP contribution in [0.4, 0.5) is 5.00 Å². The summed E-state index contributed by atoms with van der Waals surface area (Å²) in [5.41, 5.74) is 1.99. The number of likely N-dealkylation sites (N-methyl/N-ethyl adjacent to an activating group) is 1. The molecular weight excluding hydrogens is 409 g/mol. The van der Waals surface area contributed by atoms with Gasteiger partial charge in [0.25, 0.3) is 5.91 Å². The number of carbonyl (C=O) groups is 1. The Morgan fingerprint density at radius 1 is 1.41 bits per heavy atom. The number of amides is 1. The Hall–Kier alpha value is -1.67. The number of benzene rings is 1. The van der Waals surface area contributed by atoms with Crippen LogP contribution in [0.1, 0.15) is 39.5 Å². The lowest BCUT2D eigenvalue weighted by Gasteiger charge is -2.31. The SMILES string of the molecule is CCOc1cc(Cl)c(Cl)c(C2NC(=O)c3c(sc4c3CC[NH+](C)C4)N2)c1[O-]. The van der Waals surface area contributed by atoms with Crippen molar-refractivity contribution in [1.82, 2.24) is 5.32 Å². The zero-order valence-corrected chi connectivity index (χ0v) is 17.2. The molecule has 0 spiro atoms. The largest absolute Gasteiger partial charge is 0.870 e. The van der Waals surface area contributed by atoms with Crippen LogP contribution in [0.2, 0.25) is 10.0 Å². The number of ether oxygens (including phenoxy) is 1. The highest BCUT2D eigenvalue weighted by Crippen LogP contribution is 2.45. The summed E-state index contributed by atoms with van der Waals surface area (Å²) in [5, 5.41) is 20.1. The summed E-state index contributed by atoms with van der Waals surface area (Å²) in [5.74, 6) is -0.448. The smallest absolute Gasteiger partial charge is 0.256 e. The monoisotopic (exact) mass is 427 g/mol. The summed E-state index contributed by atoms with van der Waals surface area (Å²) in [6.07, 6.45) is 0.111. The maximum absolute atomic E-state index is 12.8. The Labute approximate surface area is 171 Å². The molecule has 2 aliphatic heterocycles. The fraction of sp³-hybridized carbons (Fsp3) is 0.389. The molecule has 2 unspecified atom stereocenters. The van der Waals surface area contributed by atoms with Crippen LogP contribution in [0.15, 0.2) is 6.07 Å². The summed E-state index contributed by atoms with van der Waals surface area (Å²) in [4.78, 5) is 15.5. The number of halogens is 2. The van der Waals surface area contributed by atoms with Crippen LogP contribution in [0.3, 0.4) is 0 Å². The molecule has 0 aliphatic carbocycles. The fourth-order valence-corrected chi connectivity index (χ4v) is 5.44. The van der Waals surface area contributed by atoms with Crippen molar-refractivity contribution in [3.8, 4) is 11.5 Å². The zero-order chi connectivity index (χ0) is 19.3. The maximum atomic E-state index is 12.8. The molecule has 144 valence electrons. The molecule has 9 heteroatoms. The van der Waals surface area contributed by atoms with Gasteiger partial charge in [-0.05, 0) is 18.6 Å². The van der Waals surface area contributed by atoms with E-state index in [1.54, 1.807) is 18.3 Å². The van der Waals surface area contributed by atoms with Crippen LogP contribution in [-0.2, 0) is 13.0 Å². The maximum Gasteiger partial charge on any atom is 0.256 e. The van der Waals surface area contributed by atoms with E-state index in [2.05, 4.69) is 17.7 Å². The van der Waals surface area contributed by atoms with Crippen LogP contribution in [-0.4, -0.2) is 26.1 Å². The van der Waals surface area contributed by atoms with E-state index < -0.39 is 6.17 Å². The second-order valence-corrected chi connectivity index (χ2v) is 8.63. The molecule has 6 nitrogen and oxygen atoms in total. The molecule has 2 aromatic rings. The van der Waals surface area contributed by atoms with Crippen LogP contribution < -0.4 is 25.4 Å². The first-order valence-corrected chi connectivity index (χ1v) is 10.3. The van der Waals surface area contributed by atoms with Crippen LogP contribution in [0.5, 0.6) is 11.5 Å². The van der Waals surface area contributed by atoms with Gasteiger partial charge in [0.2, 0.25) is 0 Å². The number of quaternary nitrogens is 1.